The van der Waals surface area contributed by atoms with Gasteiger partial charge in [0.2, 0.25) is 0 Å². The highest BCUT2D eigenvalue weighted by molar-refractivity contribution is 5.85. The summed E-state index contributed by atoms with van der Waals surface area (Å²) in [6, 6.07) is 9.22. The molecule has 19 nitrogen and oxygen atoms in total. The number of Topliss-reactive ketones (excluding diaryl/α,β-unsaturated/α-hetero) is 1. The van der Waals surface area contributed by atoms with E-state index in [4.69, 9.17) is 33.2 Å². The van der Waals surface area contributed by atoms with Crippen molar-refractivity contribution in [1.82, 2.24) is 24.9 Å². The Morgan fingerprint density at radius 1 is 0.945 bits per heavy atom. The quantitative estimate of drug-likeness (QED) is 0.117. The van der Waals surface area contributed by atoms with Crippen LogP contribution in [0, 0.1) is 23.7 Å². The number of benzene rings is 1. The number of ketones is 1. The molecule has 3 aliphatic rings. The third-order valence-corrected chi connectivity index (χ3v) is 15.9. The zero-order chi connectivity index (χ0) is 53.6. The number of carbonyl (C=O) groups excluding carboxylic acids is 2. The van der Waals surface area contributed by atoms with E-state index in [0.29, 0.717) is 45.4 Å². The molecular formula is C54H85N5O14. The van der Waals surface area contributed by atoms with Crippen LogP contribution in [0.25, 0.3) is 10.9 Å². The van der Waals surface area contributed by atoms with Crippen LogP contribution in [-0.4, -0.2) is 180 Å². The van der Waals surface area contributed by atoms with Crippen molar-refractivity contribution in [3.63, 3.8) is 0 Å². The second kappa shape index (κ2) is 25.0. The van der Waals surface area contributed by atoms with Crippen LogP contribution in [0.2, 0.25) is 0 Å². The zero-order valence-corrected chi connectivity index (χ0v) is 45.1. The molecule has 0 saturated carbocycles. The summed E-state index contributed by atoms with van der Waals surface area (Å²) < 4.78 is 45.8. The summed E-state index contributed by atoms with van der Waals surface area (Å²) in [5.74, 6) is -4.26. The Kier molecular flexibility index (Phi) is 20.0. The molecule has 3 saturated heterocycles. The van der Waals surface area contributed by atoms with E-state index >= 15 is 0 Å². The molecule has 410 valence electrons. The normalized spacial score (nSPS) is 38.3. The number of rotatable bonds is 17. The minimum atomic E-state index is -2.01. The molecule has 18 atom stereocenters. The van der Waals surface area contributed by atoms with Gasteiger partial charge >= 0.3 is 5.97 Å². The van der Waals surface area contributed by atoms with Gasteiger partial charge in [0.1, 0.15) is 42.1 Å². The van der Waals surface area contributed by atoms with E-state index in [1.807, 2.05) is 57.4 Å². The molecule has 0 amide bonds. The van der Waals surface area contributed by atoms with Crippen molar-refractivity contribution < 1.29 is 68.3 Å². The fourth-order valence-corrected chi connectivity index (χ4v) is 11.4. The Balaban J connectivity index is 1.20. The van der Waals surface area contributed by atoms with Crippen LogP contribution in [0.15, 0.2) is 42.7 Å². The SMILES string of the molecule is CCC[C@H]1OC(=O)[C@H](C)[C@@H](OC[C@H]2C[C@@](C)(OC)[C@@H](O)[C@H](C)O2)[C@H](C)[C@@H](O[C@@H]2O[C@H](C)C[C@H](N(C)CCCc3cn(CCOc4cccc5ncccc45)nn3)[C@H]2O)[C@](C)(O)C[C@@H](C)C(=O)[C@H](C)[C@@H](O)[C@]1(C)O. The van der Waals surface area contributed by atoms with Crippen LogP contribution in [0.4, 0.5) is 0 Å². The summed E-state index contributed by atoms with van der Waals surface area (Å²) in [6.07, 6.45) is -3.74. The van der Waals surface area contributed by atoms with Crippen molar-refractivity contribution >= 4 is 22.7 Å². The van der Waals surface area contributed by atoms with Crippen LogP contribution < -0.4 is 4.74 Å². The van der Waals surface area contributed by atoms with Crippen LogP contribution in [0.5, 0.6) is 5.75 Å². The standard InChI is InChI=1S/C54H85N5O14/c1-13-17-43-54(10,66)47(62)33(4)44(60)31(2)27-52(8,65)49(34(5)46(35(6)50(64)72-43)69-30-38-28-53(9,67-12)48(63)36(7)71-38)73-51-45(61)41(26-32(3)70-51)58(11)23-16-18-37-29-59(57-56-37)24-25-68-42-21-14-20-40-39(42)19-15-22-55-40/h14-15,19-22,29,31-36,38,41,43,45-49,51,61-63,65-66H,13,16-18,23-28,30H2,1-12H3/t31-,32-,33+,34+,35-,36+,38-,41+,43-,45-,46+,47-,48+,49-,51+,52-,53-,54-/m1/s1. The van der Waals surface area contributed by atoms with Gasteiger partial charge in [-0.05, 0) is 112 Å². The molecule has 0 aliphatic carbocycles. The topological polar surface area (TPSA) is 247 Å². The molecular weight excluding hydrogens is 943 g/mol. The van der Waals surface area contributed by atoms with Gasteiger partial charge in [-0.25, -0.2) is 4.68 Å². The fraction of sp³-hybridized carbons (Fsp3) is 0.759. The first-order valence-electron chi connectivity index (χ1n) is 26.3. The number of aromatic nitrogens is 4. The van der Waals surface area contributed by atoms with E-state index in [-0.39, 0.29) is 32.0 Å². The van der Waals surface area contributed by atoms with E-state index in [2.05, 4.69) is 20.2 Å². The number of nitrogens with zero attached hydrogens (tertiary/aromatic N) is 5. The van der Waals surface area contributed by atoms with Crippen molar-refractivity contribution in [2.24, 2.45) is 23.7 Å². The molecule has 2 aromatic heterocycles. The van der Waals surface area contributed by atoms with Gasteiger partial charge in [0.05, 0.1) is 78.1 Å². The molecule has 0 radical (unpaired) electrons. The zero-order valence-electron chi connectivity index (χ0n) is 45.1. The largest absolute Gasteiger partial charge is 0.491 e. The number of carbonyl (C=O) groups is 2. The number of esters is 1. The third-order valence-electron chi connectivity index (χ3n) is 15.9. The predicted octanol–water partition coefficient (Wildman–Crippen LogP) is 4.44. The highest BCUT2D eigenvalue weighted by Gasteiger charge is 2.53. The summed E-state index contributed by atoms with van der Waals surface area (Å²) in [4.78, 5) is 35.1. The average Bonchev–Trinajstić information content (AvgIpc) is 3.81. The van der Waals surface area contributed by atoms with Crippen LogP contribution in [-0.2, 0) is 51.0 Å². The molecule has 0 bridgehead atoms. The lowest BCUT2D eigenvalue weighted by molar-refractivity contribution is -0.301. The second-order valence-electron chi connectivity index (χ2n) is 22.0. The monoisotopic (exact) mass is 1030 g/mol. The average molecular weight is 1030 g/mol. The van der Waals surface area contributed by atoms with E-state index in [0.717, 1.165) is 22.3 Å². The lowest BCUT2D eigenvalue weighted by Gasteiger charge is -2.48. The van der Waals surface area contributed by atoms with Gasteiger partial charge in [-0.1, -0.05) is 45.4 Å². The summed E-state index contributed by atoms with van der Waals surface area (Å²) in [7, 11) is 3.46. The molecule has 0 unspecified atom stereocenters. The number of hydrogen-bond acceptors (Lipinski definition) is 18. The van der Waals surface area contributed by atoms with Gasteiger partial charge < -0.3 is 63.6 Å². The van der Waals surface area contributed by atoms with Gasteiger partial charge in [0.25, 0.3) is 0 Å². The Hall–Kier alpha value is -3.73. The summed E-state index contributed by atoms with van der Waals surface area (Å²) in [5.41, 5.74) is -3.12. The smallest absolute Gasteiger partial charge is 0.311 e. The number of aryl methyl sites for hydroxylation is 1. The van der Waals surface area contributed by atoms with Crippen LogP contribution in [0.1, 0.15) is 113 Å². The second-order valence-corrected chi connectivity index (χ2v) is 22.0. The number of methoxy groups -OCH3 is 1. The number of aliphatic hydroxyl groups is 5. The van der Waals surface area contributed by atoms with Crippen molar-refractivity contribution in [3.8, 4) is 5.75 Å². The van der Waals surface area contributed by atoms with Crippen molar-refractivity contribution in [2.75, 3.05) is 33.9 Å². The molecule has 3 aromatic rings. The lowest BCUT2D eigenvalue weighted by Crippen LogP contribution is -2.61. The Bertz CT molecular complexity index is 2240. The van der Waals surface area contributed by atoms with Crippen molar-refractivity contribution in [3.05, 3.63) is 48.4 Å². The maximum absolute atomic E-state index is 14.5. The summed E-state index contributed by atoms with van der Waals surface area (Å²) in [6.45, 7) is 18.2. The Morgan fingerprint density at radius 3 is 2.40 bits per heavy atom. The van der Waals surface area contributed by atoms with Gasteiger partial charge in [-0.3, -0.25) is 14.6 Å². The van der Waals surface area contributed by atoms with Crippen molar-refractivity contribution in [2.45, 2.75) is 205 Å². The van der Waals surface area contributed by atoms with E-state index < -0.39 is 113 Å². The first kappa shape index (κ1) is 58.5. The number of aliphatic hydroxyl groups excluding tert-OH is 3. The van der Waals surface area contributed by atoms with E-state index in [1.54, 1.807) is 52.4 Å². The Labute approximate surface area is 431 Å². The van der Waals surface area contributed by atoms with E-state index in [1.165, 1.54) is 21.0 Å². The molecule has 1 aromatic carbocycles. The van der Waals surface area contributed by atoms with Gasteiger partial charge in [-0.15, -0.1) is 5.10 Å². The van der Waals surface area contributed by atoms with Gasteiger partial charge in [-0.2, -0.15) is 0 Å². The molecule has 6 rings (SSSR count). The molecule has 0 spiro atoms. The number of likely N-dealkylation sites (N-methyl/N-ethyl adjacent to an activating group) is 1. The van der Waals surface area contributed by atoms with Crippen LogP contribution >= 0.6 is 0 Å². The fourth-order valence-electron chi connectivity index (χ4n) is 11.4. The van der Waals surface area contributed by atoms with Crippen molar-refractivity contribution in [1.29, 1.82) is 0 Å². The molecule has 3 aliphatic heterocycles. The van der Waals surface area contributed by atoms with Gasteiger partial charge in [0.15, 0.2) is 6.29 Å². The minimum absolute atomic E-state index is 0.0557. The van der Waals surface area contributed by atoms with Crippen LogP contribution in [0.3, 0.4) is 0 Å². The molecule has 73 heavy (non-hydrogen) atoms. The Morgan fingerprint density at radius 2 is 1.68 bits per heavy atom. The first-order valence-corrected chi connectivity index (χ1v) is 26.3. The highest BCUT2D eigenvalue weighted by atomic mass is 16.7. The highest BCUT2D eigenvalue weighted by Crippen LogP contribution is 2.40. The molecule has 3 fully saturated rings. The first-order chi connectivity index (χ1) is 34.4. The number of pyridine rings is 1. The van der Waals surface area contributed by atoms with Gasteiger partial charge in [0, 0.05) is 55.1 Å². The number of hydrogen-bond donors (Lipinski definition) is 5. The molecule has 19 heteroatoms. The summed E-state index contributed by atoms with van der Waals surface area (Å²) in [5, 5.41) is 69.0. The number of ether oxygens (including phenoxy) is 7. The third kappa shape index (κ3) is 13.8. The number of cyclic esters (lactones) is 1. The van der Waals surface area contributed by atoms with E-state index in [9.17, 15) is 35.1 Å². The lowest BCUT2D eigenvalue weighted by atomic mass is 9.74. The molecule has 5 N–H and O–H groups in total. The predicted molar refractivity (Wildman–Crippen MR) is 270 cm³/mol. The maximum atomic E-state index is 14.5. The minimum Gasteiger partial charge on any atom is -0.491 e. The maximum Gasteiger partial charge on any atom is 0.311 e. The molecule has 5 heterocycles. The number of fused-ring (bicyclic) bond motifs is 1. The summed E-state index contributed by atoms with van der Waals surface area (Å²) >= 11 is 0.